The van der Waals surface area contributed by atoms with Gasteiger partial charge in [0.05, 0.1) is 12.5 Å². The maximum atomic E-state index is 6.42. The molecule has 1 unspecified atom stereocenters. The van der Waals surface area contributed by atoms with Crippen molar-refractivity contribution in [2.75, 3.05) is 20.2 Å². The summed E-state index contributed by atoms with van der Waals surface area (Å²) < 4.78 is 5.69. The molecule has 1 aliphatic heterocycles. The van der Waals surface area contributed by atoms with Crippen LogP contribution in [-0.2, 0) is 0 Å². The van der Waals surface area contributed by atoms with Gasteiger partial charge in [0.2, 0.25) is 0 Å². The molecule has 0 aliphatic carbocycles. The van der Waals surface area contributed by atoms with E-state index in [4.69, 9.17) is 27.9 Å². The van der Waals surface area contributed by atoms with Crippen molar-refractivity contribution in [1.82, 2.24) is 4.90 Å². The maximum Gasteiger partial charge on any atom is 0.127 e. The molecule has 1 aromatic rings. The van der Waals surface area contributed by atoms with Crippen molar-refractivity contribution in [2.24, 2.45) is 0 Å². The molecule has 1 atom stereocenters. The number of hydrogen-bond donors (Lipinski definition) is 0. The molecule has 1 aliphatic rings. The van der Waals surface area contributed by atoms with Gasteiger partial charge < -0.3 is 4.74 Å². The average molecular weight is 330 g/mol. The molecule has 0 aromatic heterocycles. The third kappa shape index (κ3) is 3.18. The van der Waals surface area contributed by atoms with E-state index in [0.29, 0.717) is 5.92 Å². The summed E-state index contributed by atoms with van der Waals surface area (Å²) in [6.07, 6.45) is 0. The maximum absolute atomic E-state index is 6.42. The lowest BCUT2D eigenvalue weighted by Crippen LogP contribution is -2.54. The highest BCUT2D eigenvalue weighted by Crippen LogP contribution is 2.45. The van der Waals surface area contributed by atoms with E-state index in [9.17, 15) is 0 Å². The number of rotatable bonds is 3. The van der Waals surface area contributed by atoms with Crippen molar-refractivity contribution in [2.45, 2.75) is 51.5 Å². The van der Waals surface area contributed by atoms with Gasteiger partial charge in [-0.3, -0.25) is 4.90 Å². The van der Waals surface area contributed by atoms with Crippen molar-refractivity contribution in [3.63, 3.8) is 0 Å². The first-order valence-electron chi connectivity index (χ1n) is 7.42. The highest BCUT2D eigenvalue weighted by atomic mass is 35.5. The highest BCUT2D eigenvalue weighted by Gasteiger charge is 2.38. The Labute approximate surface area is 138 Å². The summed E-state index contributed by atoms with van der Waals surface area (Å²) >= 11 is 12.7. The molecule has 21 heavy (non-hydrogen) atoms. The van der Waals surface area contributed by atoms with Gasteiger partial charge in [0, 0.05) is 40.7 Å². The second-order valence-electron chi connectivity index (χ2n) is 6.91. The Bertz CT molecular complexity index is 529. The number of alkyl halides is 1. The molecule has 2 rings (SSSR count). The fraction of sp³-hybridized carbons (Fsp3) is 0.647. The van der Waals surface area contributed by atoms with Crippen LogP contribution in [0.1, 0.15) is 55.7 Å². The standard InChI is InChI=1S/C17H25Cl2NO/c1-10-14(19)7-13(11(2)18)16(21-6)15(10)12-8-20(9-12)17(3,4)5/h7,11-12H,8-9H2,1-6H3. The Kier molecular flexibility index (Phi) is 4.82. The van der Waals surface area contributed by atoms with Crippen LogP contribution in [0, 0.1) is 6.92 Å². The second kappa shape index (κ2) is 5.98. The molecule has 0 bridgehead atoms. The van der Waals surface area contributed by atoms with E-state index < -0.39 is 0 Å². The fourth-order valence-corrected chi connectivity index (χ4v) is 3.37. The second-order valence-corrected chi connectivity index (χ2v) is 7.97. The zero-order valence-electron chi connectivity index (χ0n) is 13.8. The first-order valence-corrected chi connectivity index (χ1v) is 8.24. The molecule has 2 nitrogen and oxygen atoms in total. The first kappa shape index (κ1) is 16.9. The molecule has 1 saturated heterocycles. The number of ether oxygens (including phenoxy) is 1. The molecule has 0 radical (unpaired) electrons. The monoisotopic (exact) mass is 329 g/mol. The van der Waals surface area contributed by atoms with Crippen molar-refractivity contribution in [1.29, 1.82) is 0 Å². The van der Waals surface area contributed by atoms with Crippen molar-refractivity contribution >= 4 is 23.2 Å². The molecule has 0 amide bonds. The Hall–Kier alpha value is -0.440. The van der Waals surface area contributed by atoms with Crippen molar-refractivity contribution in [3.8, 4) is 5.75 Å². The molecule has 0 spiro atoms. The largest absolute Gasteiger partial charge is 0.496 e. The van der Waals surface area contributed by atoms with Crippen LogP contribution in [0.2, 0.25) is 5.02 Å². The van der Waals surface area contributed by atoms with E-state index in [1.807, 2.05) is 13.0 Å². The lowest BCUT2D eigenvalue weighted by Gasteiger charge is -2.48. The van der Waals surface area contributed by atoms with Gasteiger partial charge in [-0.1, -0.05) is 11.6 Å². The summed E-state index contributed by atoms with van der Waals surface area (Å²) in [4.78, 5) is 2.47. The minimum Gasteiger partial charge on any atom is -0.496 e. The van der Waals surface area contributed by atoms with E-state index in [1.165, 1.54) is 5.56 Å². The fourth-order valence-electron chi connectivity index (χ4n) is 2.99. The molecule has 1 fully saturated rings. The molecule has 1 aromatic carbocycles. The predicted molar refractivity (Wildman–Crippen MR) is 91.1 cm³/mol. The summed E-state index contributed by atoms with van der Waals surface area (Å²) in [7, 11) is 1.72. The minimum absolute atomic E-state index is 0.115. The van der Waals surface area contributed by atoms with Crippen LogP contribution < -0.4 is 4.74 Å². The summed E-state index contributed by atoms with van der Waals surface area (Å²) in [5.41, 5.74) is 3.54. The van der Waals surface area contributed by atoms with Gasteiger partial charge in [-0.15, -0.1) is 11.6 Å². The SMILES string of the molecule is COc1c(C(C)Cl)cc(Cl)c(C)c1C1CN(C(C)(C)C)C1. The summed E-state index contributed by atoms with van der Waals surface area (Å²) in [5.74, 6) is 1.38. The number of benzene rings is 1. The molecular formula is C17H25Cl2NO. The number of methoxy groups -OCH3 is 1. The first-order chi connectivity index (χ1) is 9.66. The Morgan fingerprint density at radius 2 is 1.90 bits per heavy atom. The average Bonchev–Trinajstić information content (AvgIpc) is 2.30. The van der Waals surface area contributed by atoms with Crippen LogP contribution in [-0.4, -0.2) is 30.6 Å². The zero-order valence-corrected chi connectivity index (χ0v) is 15.3. The Balaban J connectivity index is 2.40. The molecule has 4 heteroatoms. The van der Waals surface area contributed by atoms with Crippen LogP contribution in [0.5, 0.6) is 5.75 Å². The van der Waals surface area contributed by atoms with Crippen LogP contribution in [0.4, 0.5) is 0 Å². The predicted octanol–water partition coefficient (Wildman–Crippen LogP) is 5.15. The smallest absolute Gasteiger partial charge is 0.127 e. The van der Waals surface area contributed by atoms with Crippen LogP contribution in [0.15, 0.2) is 6.07 Å². The topological polar surface area (TPSA) is 12.5 Å². The number of likely N-dealkylation sites (tertiary alicyclic amines) is 1. The van der Waals surface area contributed by atoms with E-state index >= 15 is 0 Å². The third-order valence-electron chi connectivity index (χ3n) is 4.42. The van der Waals surface area contributed by atoms with Gasteiger partial charge in [0.1, 0.15) is 5.75 Å². The third-order valence-corrected chi connectivity index (χ3v) is 5.05. The van der Waals surface area contributed by atoms with Gasteiger partial charge in [-0.25, -0.2) is 0 Å². The quantitative estimate of drug-likeness (QED) is 0.710. The van der Waals surface area contributed by atoms with E-state index in [-0.39, 0.29) is 10.9 Å². The Morgan fingerprint density at radius 3 is 2.33 bits per heavy atom. The van der Waals surface area contributed by atoms with Gasteiger partial charge in [-0.2, -0.15) is 0 Å². The van der Waals surface area contributed by atoms with Gasteiger partial charge in [-0.05, 0) is 46.2 Å². The van der Waals surface area contributed by atoms with Gasteiger partial charge in [0.25, 0.3) is 0 Å². The van der Waals surface area contributed by atoms with E-state index in [2.05, 4.69) is 32.6 Å². The minimum atomic E-state index is -0.115. The molecule has 118 valence electrons. The molecule has 1 heterocycles. The molecular weight excluding hydrogens is 305 g/mol. The number of halogens is 2. The van der Waals surface area contributed by atoms with E-state index in [0.717, 1.165) is 35.0 Å². The number of nitrogens with zero attached hydrogens (tertiary/aromatic N) is 1. The van der Waals surface area contributed by atoms with Crippen molar-refractivity contribution < 1.29 is 4.74 Å². The van der Waals surface area contributed by atoms with Crippen LogP contribution >= 0.6 is 23.2 Å². The highest BCUT2D eigenvalue weighted by molar-refractivity contribution is 6.31. The Morgan fingerprint density at radius 1 is 1.33 bits per heavy atom. The van der Waals surface area contributed by atoms with E-state index in [1.54, 1.807) is 7.11 Å². The van der Waals surface area contributed by atoms with Crippen LogP contribution in [0.3, 0.4) is 0 Å². The number of hydrogen-bond acceptors (Lipinski definition) is 2. The lowest BCUT2D eigenvalue weighted by atomic mass is 9.83. The molecule has 0 saturated carbocycles. The summed E-state index contributed by atoms with van der Waals surface area (Å²) in [6, 6.07) is 1.94. The van der Waals surface area contributed by atoms with Crippen LogP contribution in [0.25, 0.3) is 0 Å². The van der Waals surface area contributed by atoms with Gasteiger partial charge >= 0.3 is 0 Å². The summed E-state index contributed by atoms with van der Waals surface area (Å²) in [6.45, 7) is 12.8. The molecule has 0 N–H and O–H groups in total. The van der Waals surface area contributed by atoms with Crippen molar-refractivity contribution in [3.05, 3.63) is 27.8 Å². The zero-order chi connectivity index (χ0) is 15.9. The normalized spacial score (nSPS) is 18.5. The van der Waals surface area contributed by atoms with Gasteiger partial charge in [0.15, 0.2) is 0 Å². The summed E-state index contributed by atoms with van der Waals surface area (Å²) in [5, 5.41) is 0.665. The lowest BCUT2D eigenvalue weighted by molar-refractivity contribution is 0.0459.